The number of fused-ring (bicyclic) bond motifs is 1. The first-order chi connectivity index (χ1) is 17.2. The topological polar surface area (TPSA) is 106 Å². The van der Waals surface area contributed by atoms with Gasteiger partial charge < -0.3 is 15.5 Å². The van der Waals surface area contributed by atoms with Crippen LogP contribution < -0.4 is 5.73 Å². The second-order valence-electron chi connectivity index (χ2n) is 9.28. The van der Waals surface area contributed by atoms with Crippen molar-refractivity contribution in [2.45, 2.75) is 31.7 Å². The van der Waals surface area contributed by atoms with Gasteiger partial charge in [0, 0.05) is 49.5 Å². The number of amides is 1. The lowest BCUT2D eigenvalue weighted by atomic mass is 10.0. The summed E-state index contributed by atoms with van der Waals surface area (Å²) in [7, 11) is 0. The largest absolute Gasteiger partial charge is 0.382 e. The quantitative estimate of drug-likeness (QED) is 0.490. The van der Waals surface area contributed by atoms with Gasteiger partial charge in [-0.05, 0) is 63.0 Å². The van der Waals surface area contributed by atoms with Gasteiger partial charge in [-0.15, -0.1) is 5.10 Å². The molecule has 6 heterocycles. The molecule has 0 unspecified atom stereocenters. The van der Waals surface area contributed by atoms with Crippen LogP contribution in [0.25, 0.3) is 28.2 Å². The summed E-state index contributed by atoms with van der Waals surface area (Å²) < 4.78 is 1.65. The van der Waals surface area contributed by atoms with Gasteiger partial charge in [-0.25, -0.2) is 9.50 Å². The first kappa shape index (κ1) is 21.7. The van der Waals surface area contributed by atoms with Gasteiger partial charge >= 0.3 is 0 Å². The van der Waals surface area contributed by atoms with Crippen LogP contribution in [0, 0.1) is 0 Å². The number of carbonyl (C=O) groups excluding carboxylic acids is 1. The average Bonchev–Trinajstić information content (AvgIpc) is 3.56. The smallest absolute Gasteiger partial charge is 0.255 e. The minimum atomic E-state index is 0.0531. The van der Waals surface area contributed by atoms with Crippen molar-refractivity contribution < 1.29 is 4.79 Å². The summed E-state index contributed by atoms with van der Waals surface area (Å²) in [5.41, 5.74) is 10.4. The molecule has 1 amide bonds. The molecule has 0 saturated carbocycles. The molecular formula is C26H28N8O. The first-order valence-corrected chi connectivity index (χ1v) is 12.2. The molecule has 178 valence electrons. The Balaban J connectivity index is 1.18. The van der Waals surface area contributed by atoms with Gasteiger partial charge in [0.1, 0.15) is 0 Å². The van der Waals surface area contributed by atoms with Gasteiger partial charge in [0.25, 0.3) is 5.91 Å². The van der Waals surface area contributed by atoms with Crippen LogP contribution in [0.3, 0.4) is 0 Å². The van der Waals surface area contributed by atoms with E-state index in [9.17, 15) is 4.79 Å². The van der Waals surface area contributed by atoms with Gasteiger partial charge in [0.2, 0.25) is 0 Å². The number of aromatic nitrogens is 5. The molecule has 0 radical (unpaired) electrons. The van der Waals surface area contributed by atoms with E-state index in [1.165, 1.54) is 25.9 Å². The van der Waals surface area contributed by atoms with E-state index in [1.807, 2.05) is 41.4 Å². The highest BCUT2D eigenvalue weighted by molar-refractivity contribution is 5.94. The highest BCUT2D eigenvalue weighted by Crippen LogP contribution is 2.29. The Morgan fingerprint density at radius 3 is 2.46 bits per heavy atom. The van der Waals surface area contributed by atoms with Crippen molar-refractivity contribution in [1.82, 2.24) is 34.4 Å². The molecule has 2 aliphatic rings. The molecule has 2 aliphatic heterocycles. The molecule has 9 nitrogen and oxygen atoms in total. The fraction of sp³-hybridized carbons (Fsp3) is 0.346. The summed E-state index contributed by atoms with van der Waals surface area (Å²) in [6.45, 7) is 4.03. The standard InChI is InChI=1S/C26H28N8O/c27-24-23(22-5-1-2-10-28-22)25-30-16-19(17-34(25)31-24)21-7-6-18(15-29-21)26(35)33-13-8-20(9-14-33)32-11-3-4-12-32/h1-2,5-7,10,15-17,20H,3-4,8-9,11-14H2,(H2,27,31). The SMILES string of the molecule is Nc1nn2cc(-c3ccc(C(=O)N4CCC(N5CCCC5)CC4)cn3)cnc2c1-c1ccccn1. The predicted molar refractivity (Wildman–Crippen MR) is 134 cm³/mol. The number of hydrogen-bond donors (Lipinski definition) is 1. The van der Waals surface area contributed by atoms with Crippen molar-refractivity contribution in [3.05, 3.63) is 60.7 Å². The number of likely N-dealkylation sites (tertiary alicyclic amines) is 2. The highest BCUT2D eigenvalue weighted by atomic mass is 16.2. The summed E-state index contributed by atoms with van der Waals surface area (Å²) in [6, 6.07) is 9.97. The van der Waals surface area contributed by atoms with Crippen LogP contribution in [0.1, 0.15) is 36.0 Å². The van der Waals surface area contributed by atoms with Crippen LogP contribution in [0.2, 0.25) is 0 Å². The molecule has 0 aromatic carbocycles. The maximum Gasteiger partial charge on any atom is 0.255 e. The zero-order chi connectivity index (χ0) is 23.8. The minimum Gasteiger partial charge on any atom is -0.382 e. The number of carbonyl (C=O) groups is 1. The van der Waals surface area contributed by atoms with Crippen LogP contribution in [-0.4, -0.2) is 72.5 Å². The Labute approximate surface area is 203 Å². The van der Waals surface area contributed by atoms with E-state index >= 15 is 0 Å². The van der Waals surface area contributed by atoms with E-state index in [4.69, 9.17) is 5.73 Å². The van der Waals surface area contributed by atoms with Crippen molar-refractivity contribution in [2.75, 3.05) is 31.9 Å². The monoisotopic (exact) mass is 468 g/mol. The summed E-state index contributed by atoms with van der Waals surface area (Å²) in [4.78, 5) is 31.1. The zero-order valence-corrected chi connectivity index (χ0v) is 19.5. The van der Waals surface area contributed by atoms with E-state index in [0.717, 1.165) is 42.9 Å². The Bertz CT molecular complexity index is 1340. The average molecular weight is 469 g/mol. The summed E-state index contributed by atoms with van der Waals surface area (Å²) >= 11 is 0. The summed E-state index contributed by atoms with van der Waals surface area (Å²) in [5.74, 6) is 0.424. The molecule has 6 rings (SSSR count). The van der Waals surface area contributed by atoms with Crippen molar-refractivity contribution in [3.63, 3.8) is 0 Å². The summed E-state index contributed by atoms with van der Waals surface area (Å²) in [5, 5.41) is 4.42. The van der Waals surface area contributed by atoms with Crippen molar-refractivity contribution in [2.24, 2.45) is 0 Å². The van der Waals surface area contributed by atoms with Crippen LogP contribution >= 0.6 is 0 Å². The molecule has 0 aliphatic carbocycles. The van der Waals surface area contributed by atoms with E-state index in [-0.39, 0.29) is 5.91 Å². The first-order valence-electron chi connectivity index (χ1n) is 12.2. The second-order valence-corrected chi connectivity index (χ2v) is 9.28. The predicted octanol–water partition coefficient (Wildman–Crippen LogP) is 3.14. The van der Waals surface area contributed by atoms with Crippen LogP contribution in [0.4, 0.5) is 5.82 Å². The molecule has 2 saturated heterocycles. The molecule has 0 bridgehead atoms. The normalized spacial score (nSPS) is 17.3. The number of nitrogens with two attached hydrogens (primary N) is 1. The number of piperidine rings is 1. The third-order valence-electron chi connectivity index (χ3n) is 7.14. The minimum absolute atomic E-state index is 0.0531. The maximum absolute atomic E-state index is 13.1. The fourth-order valence-electron chi connectivity index (χ4n) is 5.26. The molecule has 9 heteroatoms. The molecule has 4 aromatic heterocycles. The van der Waals surface area contributed by atoms with Gasteiger partial charge in [0.15, 0.2) is 11.5 Å². The molecule has 2 fully saturated rings. The number of pyridine rings is 2. The highest BCUT2D eigenvalue weighted by Gasteiger charge is 2.28. The van der Waals surface area contributed by atoms with E-state index in [2.05, 4.69) is 25.0 Å². The third-order valence-corrected chi connectivity index (χ3v) is 7.14. The molecule has 4 aromatic rings. The van der Waals surface area contributed by atoms with E-state index in [1.54, 1.807) is 23.1 Å². The van der Waals surface area contributed by atoms with Crippen molar-refractivity contribution in [3.8, 4) is 22.5 Å². The lowest BCUT2D eigenvalue weighted by molar-refractivity contribution is 0.0644. The Morgan fingerprint density at radius 1 is 0.914 bits per heavy atom. The second kappa shape index (κ2) is 9.07. The van der Waals surface area contributed by atoms with Gasteiger partial charge in [-0.1, -0.05) is 6.07 Å². The van der Waals surface area contributed by atoms with Crippen molar-refractivity contribution in [1.29, 1.82) is 0 Å². The Hall–Kier alpha value is -3.85. The molecule has 0 atom stereocenters. The number of anilines is 1. The third kappa shape index (κ3) is 4.12. The van der Waals surface area contributed by atoms with Crippen LogP contribution in [0.15, 0.2) is 55.1 Å². The fourth-order valence-corrected chi connectivity index (χ4v) is 5.26. The lowest BCUT2D eigenvalue weighted by Crippen LogP contribution is -2.45. The molecular weight excluding hydrogens is 440 g/mol. The summed E-state index contributed by atoms with van der Waals surface area (Å²) in [6.07, 6.45) is 11.7. The lowest BCUT2D eigenvalue weighted by Gasteiger charge is -2.36. The van der Waals surface area contributed by atoms with E-state index in [0.29, 0.717) is 28.6 Å². The molecule has 2 N–H and O–H groups in total. The maximum atomic E-state index is 13.1. The number of nitrogen functional groups attached to an aromatic ring is 1. The Kier molecular flexibility index (Phi) is 5.61. The van der Waals surface area contributed by atoms with Gasteiger partial charge in [-0.3, -0.25) is 14.8 Å². The van der Waals surface area contributed by atoms with E-state index < -0.39 is 0 Å². The van der Waals surface area contributed by atoms with Gasteiger partial charge in [0.05, 0.1) is 22.5 Å². The number of nitrogens with zero attached hydrogens (tertiary/aromatic N) is 7. The molecule has 35 heavy (non-hydrogen) atoms. The van der Waals surface area contributed by atoms with Gasteiger partial charge in [-0.2, -0.15) is 0 Å². The van der Waals surface area contributed by atoms with Crippen LogP contribution in [-0.2, 0) is 0 Å². The zero-order valence-electron chi connectivity index (χ0n) is 19.5. The number of hydrogen-bond acceptors (Lipinski definition) is 7. The van der Waals surface area contributed by atoms with Crippen molar-refractivity contribution >= 4 is 17.4 Å². The van der Waals surface area contributed by atoms with Crippen LogP contribution in [0.5, 0.6) is 0 Å². The Morgan fingerprint density at radius 2 is 1.74 bits per heavy atom. The number of rotatable bonds is 4. The molecule has 0 spiro atoms.